The van der Waals surface area contributed by atoms with Crippen LogP contribution in [0.4, 0.5) is 5.69 Å². The summed E-state index contributed by atoms with van der Waals surface area (Å²) in [6, 6.07) is 4.38. The van der Waals surface area contributed by atoms with Crippen LogP contribution in [0.2, 0.25) is 0 Å². The summed E-state index contributed by atoms with van der Waals surface area (Å²) >= 11 is 0. The standard InChI is InChI=1S/C13H18N2O4/c1-18-12-5-4-11(15(16)17)7-13(12)19-9-10-3-2-6-14-8-10/h4-5,7,10,14H,2-3,6,8-9H2,1H3/t10-/m1/s1. The maximum atomic E-state index is 10.8. The van der Waals surface area contributed by atoms with E-state index in [4.69, 9.17) is 9.47 Å². The maximum Gasteiger partial charge on any atom is 0.273 e. The molecular formula is C13H18N2O4. The van der Waals surface area contributed by atoms with Gasteiger partial charge in [0, 0.05) is 18.5 Å². The topological polar surface area (TPSA) is 73.6 Å². The highest BCUT2D eigenvalue weighted by Gasteiger charge is 2.16. The van der Waals surface area contributed by atoms with Crippen LogP contribution >= 0.6 is 0 Å². The van der Waals surface area contributed by atoms with Gasteiger partial charge in [-0.25, -0.2) is 0 Å². The molecular weight excluding hydrogens is 248 g/mol. The Morgan fingerprint density at radius 2 is 2.32 bits per heavy atom. The van der Waals surface area contributed by atoms with E-state index in [1.165, 1.54) is 19.2 Å². The van der Waals surface area contributed by atoms with E-state index in [1.807, 2.05) is 0 Å². The van der Waals surface area contributed by atoms with E-state index in [-0.39, 0.29) is 5.69 Å². The predicted octanol–water partition coefficient (Wildman–Crippen LogP) is 1.98. The molecule has 1 N–H and O–H groups in total. The van der Waals surface area contributed by atoms with Gasteiger partial charge < -0.3 is 14.8 Å². The van der Waals surface area contributed by atoms with Crippen molar-refractivity contribution in [2.45, 2.75) is 12.8 Å². The van der Waals surface area contributed by atoms with Gasteiger partial charge in [0.15, 0.2) is 11.5 Å². The van der Waals surface area contributed by atoms with Crippen molar-refractivity contribution in [3.8, 4) is 11.5 Å². The zero-order chi connectivity index (χ0) is 13.7. The number of benzene rings is 1. The first kappa shape index (κ1) is 13.6. The van der Waals surface area contributed by atoms with Crippen molar-refractivity contribution in [3.05, 3.63) is 28.3 Å². The number of nitro benzene ring substituents is 1. The molecule has 0 aromatic heterocycles. The van der Waals surface area contributed by atoms with Crippen LogP contribution in [-0.2, 0) is 0 Å². The quantitative estimate of drug-likeness (QED) is 0.651. The van der Waals surface area contributed by atoms with Crippen molar-refractivity contribution in [2.24, 2.45) is 5.92 Å². The second-order valence-electron chi connectivity index (χ2n) is 4.62. The summed E-state index contributed by atoms with van der Waals surface area (Å²) in [5.41, 5.74) is 0.0116. The van der Waals surface area contributed by atoms with Crippen LogP contribution in [0.1, 0.15) is 12.8 Å². The Bertz CT molecular complexity index is 444. The fraction of sp³-hybridized carbons (Fsp3) is 0.538. The molecule has 1 atom stereocenters. The lowest BCUT2D eigenvalue weighted by molar-refractivity contribution is -0.385. The summed E-state index contributed by atoms with van der Waals surface area (Å²) < 4.78 is 10.8. The molecule has 0 radical (unpaired) electrons. The smallest absolute Gasteiger partial charge is 0.273 e. The second kappa shape index (κ2) is 6.38. The molecule has 0 bridgehead atoms. The number of nitro groups is 1. The van der Waals surface area contributed by atoms with Crippen molar-refractivity contribution < 1.29 is 14.4 Å². The van der Waals surface area contributed by atoms with Gasteiger partial charge in [-0.15, -0.1) is 0 Å². The van der Waals surface area contributed by atoms with Crippen molar-refractivity contribution in [3.63, 3.8) is 0 Å². The lowest BCUT2D eigenvalue weighted by atomic mass is 10.0. The number of piperidine rings is 1. The molecule has 2 rings (SSSR count). The number of nitrogens with zero attached hydrogens (tertiary/aromatic N) is 1. The lowest BCUT2D eigenvalue weighted by Gasteiger charge is -2.23. The highest BCUT2D eigenvalue weighted by atomic mass is 16.6. The minimum absolute atomic E-state index is 0.0116. The average Bonchev–Trinajstić information content (AvgIpc) is 2.45. The van der Waals surface area contributed by atoms with E-state index in [2.05, 4.69) is 5.32 Å². The SMILES string of the molecule is COc1ccc([N+](=O)[O-])cc1OC[C@@H]1CCCNC1. The molecule has 0 amide bonds. The number of nitrogens with one attached hydrogen (secondary N) is 1. The molecule has 0 aliphatic carbocycles. The molecule has 6 nitrogen and oxygen atoms in total. The number of hydrogen-bond donors (Lipinski definition) is 1. The van der Waals surface area contributed by atoms with Gasteiger partial charge in [0.25, 0.3) is 5.69 Å². The predicted molar refractivity (Wildman–Crippen MR) is 70.7 cm³/mol. The van der Waals surface area contributed by atoms with Crippen LogP contribution in [0.3, 0.4) is 0 Å². The third-order valence-electron chi connectivity index (χ3n) is 3.23. The number of hydrogen-bond acceptors (Lipinski definition) is 5. The number of non-ortho nitro benzene ring substituents is 1. The minimum atomic E-state index is -0.436. The summed E-state index contributed by atoms with van der Waals surface area (Å²) in [5.74, 6) is 1.40. The number of rotatable bonds is 5. The lowest BCUT2D eigenvalue weighted by Crippen LogP contribution is -2.33. The van der Waals surface area contributed by atoms with E-state index in [0.717, 1.165) is 25.9 Å². The molecule has 6 heteroatoms. The van der Waals surface area contributed by atoms with Gasteiger partial charge in [0.05, 0.1) is 24.7 Å². The molecule has 0 saturated carbocycles. The zero-order valence-electron chi connectivity index (χ0n) is 10.9. The van der Waals surface area contributed by atoms with E-state index in [1.54, 1.807) is 6.07 Å². The Labute approximate surface area is 111 Å². The molecule has 1 aliphatic rings. The fourth-order valence-electron chi connectivity index (χ4n) is 2.17. The molecule has 0 spiro atoms. The third-order valence-corrected chi connectivity index (χ3v) is 3.23. The summed E-state index contributed by atoms with van der Waals surface area (Å²) in [4.78, 5) is 10.3. The second-order valence-corrected chi connectivity index (χ2v) is 4.62. The van der Waals surface area contributed by atoms with E-state index < -0.39 is 4.92 Å². The summed E-state index contributed by atoms with van der Waals surface area (Å²) in [6.07, 6.45) is 2.25. The van der Waals surface area contributed by atoms with Gasteiger partial charge in [-0.05, 0) is 25.5 Å². The maximum absolute atomic E-state index is 10.8. The Morgan fingerprint density at radius 1 is 1.47 bits per heavy atom. The average molecular weight is 266 g/mol. The van der Waals surface area contributed by atoms with Crippen molar-refractivity contribution >= 4 is 5.69 Å². The minimum Gasteiger partial charge on any atom is -0.493 e. The molecule has 1 fully saturated rings. The molecule has 19 heavy (non-hydrogen) atoms. The third kappa shape index (κ3) is 3.57. The van der Waals surface area contributed by atoms with Gasteiger partial charge in [-0.1, -0.05) is 0 Å². The molecule has 1 aromatic carbocycles. The van der Waals surface area contributed by atoms with Crippen LogP contribution in [0.25, 0.3) is 0 Å². The Hall–Kier alpha value is -1.82. The molecule has 1 saturated heterocycles. The van der Waals surface area contributed by atoms with Gasteiger partial charge in [-0.3, -0.25) is 10.1 Å². The highest BCUT2D eigenvalue weighted by Crippen LogP contribution is 2.31. The van der Waals surface area contributed by atoms with Crippen LogP contribution in [0, 0.1) is 16.0 Å². The van der Waals surface area contributed by atoms with Gasteiger partial charge in [0.1, 0.15) is 0 Å². The van der Waals surface area contributed by atoms with Crippen LogP contribution < -0.4 is 14.8 Å². The van der Waals surface area contributed by atoms with Gasteiger partial charge >= 0.3 is 0 Å². The van der Waals surface area contributed by atoms with E-state index >= 15 is 0 Å². The summed E-state index contributed by atoms with van der Waals surface area (Å²) in [7, 11) is 1.52. The highest BCUT2D eigenvalue weighted by molar-refractivity contribution is 5.48. The van der Waals surface area contributed by atoms with Crippen molar-refractivity contribution in [1.82, 2.24) is 5.32 Å². The molecule has 0 unspecified atom stereocenters. The van der Waals surface area contributed by atoms with E-state index in [0.29, 0.717) is 24.0 Å². The molecule has 1 aliphatic heterocycles. The van der Waals surface area contributed by atoms with Gasteiger partial charge in [-0.2, -0.15) is 0 Å². The Morgan fingerprint density at radius 3 is 2.95 bits per heavy atom. The fourth-order valence-corrected chi connectivity index (χ4v) is 2.17. The monoisotopic (exact) mass is 266 g/mol. The summed E-state index contributed by atoms with van der Waals surface area (Å²) in [5, 5.41) is 14.1. The normalized spacial score (nSPS) is 18.9. The van der Waals surface area contributed by atoms with Gasteiger partial charge in [0.2, 0.25) is 0 Å². The zero-order valence-corrected chi connectivity index (χ0v) is 10.9. The first-order valence-corrected chi connectivity index (χ1v) is 6.36. The molecule has 1 aromatic rings. The van der Waals surface area contributed by atoms with E-state index in [9.17, 15) is 10.1 Å². The van der Waals surface area contributed by atoms with Crippen molar-refractivity contribution in [1.29, 1.82) is 0 Å². The largest absolute Gasteiger partial charge is 0.493 e. The van der Waals surface area contributed by atoms with Crippen LogP contribution in [0.15, 0.2) is 18.2 Å². The number of methoxy groups -OCH3 is 1. The van der Waals surface area contributed by atoms with Crippen LogP contribution in [-0.4, -0.2) is 31.7 Å². The first-order chi connectivity index (χ1) is 9.20. The van der Waals surface area contributed by atoms with Crippen molar-refractivity contribution in [2.75, 3.05) is 26.8 Å². The Kier molecular flexibility index (Phi) is 4.57. The van der Waals surface area contributed by atoms with Crippen LogP contribution in [0.5, 0.6) is 11.5 Å². The molecule has 104 valence electrons. The summed E-state index contributed by atoms with van der Waals surface area (Å²) in [6.45, 7) is 2.53. The first-order valence-electron chi connectivity index (χ1n) is 6.36. The Balaban J connectivity index is 2.04. The molecule has 1 heterocycles. The number of ether oxygens (including phenoxy) is 2.